The first kappa shape index (κ1) is 23.4. The van der Waals surface area contributed by atoms with Crippen LogP contribution in [0.5, 0.6) is 0 Å². The first-order chi connectivity index (χ1) is 15.8. The Bertz CT molecular complexity index is 1140. The largest absolute Gasteiger partial charge is 0.354 e. The number of anilines is 1. The second-order valence-electron chi connectivity index (χ2n) is 8.71. The summed E-state index contributed by atoms with van der Waals surface area (Å²) < 4.78 is 29.6. The van der Waals surface area contributed by atoms with Gasteiger partial charge in [-0.3, -0.25) is 4.55 Å². The summed E-state index contributed by atoms with van der Waals surface area (Å²) >= 11 is 0. The molecule has 3 heterocycles. The number of rotatable bonds is 4. The Kier molecular flexibility index (Phi) is 7.07. The van der Waals surface area contributed by atoms with Gasteiger partial charge in [-0.25, -0.2) is 0 Å². The molecule has 174 valence electrons. The van der Waals surface area contributed by atoms with Crippen molar-refractivity contribution >= 4 is 15.9 Å². The monoisotopic (exact) mass is 466 g/mol. The number of nitrogens with zero attached hydrogens (tertiary/aromatic N) is 4. The third kappa shape index (κ3) is 5.76. The van der Waals surface area contributed by atoms with Crippen molar-refractivity contribution in [1.82, 2.24) is 15.1 Å². The van der Waals surface area contributed by atoms with Gasteiger partial charge >= 0.3 is 0 Å². The minimum absolute atomic E-state index is 0.0666. The molecule has 1 N–H and O–H groups in total. The van der Waals surface area contributed by atoms with Crippen molar-refractivity contribution in [2.24, 2.45) is 11.8 Å². The lowest BCUT2D eigenvalue weighted by atomic mass is 10.0. The van der Waals surface area contributed by atoms with Gasteiger partial charge in [-0.15, -0.1) is 10.2 Å². The highest BCUT2D eigenvalue weighted by Gasteiger charge is 2.39. The second kappa shape index (κ2) is 9.99. The fraction of sp³-hybridized carbons (Fsp3) is 0.360. The Hall–Kier alpha value is -2.81. The number of likely N-dealkylation sites (tertiary alicyclic amines) is 1. The summed E-state index contributed by atoms with van der Waals surface area (Å²) in [5.41, 5.74) is 3.02. The molecule has 0 bridgehead atoms. The summed E-state index contributed by atoms with van der Waals surface area (Å²) in [6.45, 7) is 10.0. The first-order valence-corrected chi connectivity index (χ1v) is 12.7. The van der Waals surface area contributed by atoms with Crippen LogP contribution in [0.25, 0.3) is 11.3 Å². The van der Waals surface area contributed by atoms with E-state index in [0.29, 0.717) is 0 Å². The van der Waals surface area contributed by atoms with E-state index in [1.165, 1.54) is 31.8 Å². The molecule has 1 aromatic heterocycles. The van der Waals surface area contributed by atoms with Gasteiger partial charge in [-0.1, -0.05) is 55.0 Å². The summed E-state index contributed by atoms with van der Waals surface area (Å²) in [6, 6.07) is 20.4. The van der Waals surface area contributed by atoms with Crippen molar-refractivity contribution in [2.75, 3.05) is 37.6 Å². The summed E-state index contributed by atoms with van der Waals surface area (Å²) in [7, 11) is -4.02. The molecule has 3 aromatic rings. The van der Waals surface area contributed by atoms with E-state index >= 15 is 0 Å². The van der Waals surface area contributed by atoms with Crippen LogP contribution in [-0.4, -0.2) is 60.8 Å². The Balaban J connectivity index is 0.000000200. The van der Waals surface area contributed by atoms with E-state index in [1.54, 1.807) is 12.1 Å². The third-order valence-corrected chi connectivity index (χ3v) is 7.24. The quantitative estimate of drug-likeness (QED) is 0.586. The van der Waals surface area contributed by atoms with Gasteiger partial charge in [-0.05, 0) is 49.6 Å². The van der Waals surface area contributed by atoms with Gasteiger partial charge in [0.1, 0.15) is 0 Å². The minimum Gasteiger partial charge on any atom is -0.354 e. The van der Waals surface area contributed by atoms with E-state index in [-0.39, 0.29) is 4.90 Å². The molecule has 0 aliphatic carbocycles. The van der Waals surface area contributed by atoms with E-state index in [2.05, 4.69) is 51.2 Å². The average Bonchev–Trinajstić information content (AvgIpc) is 3.39. The van der Waals surface area contributed by atoms with Crippen molar-refractivity contribution in [3.8, 4) is 11.3 Å². The Labute approximate surface area is 195 Å². The van der Waals surface area contributed by atoms with E-state index in [9.17, 15) is 8.42 Å². The molecule has 2 unspecified atom stereocenters. The maximum atomic E-state index is 10.5. The molecular weight excluding hydrogens is 436 g/mol. The third-order valence-electron chi connectivity index (χ3n) is 6.37. The Morgan fingerprint density at radius 3 is 2.03 bits per heavy atom. The fourth-order valence-corrected chi connectivity index (χ4v) is 4.98. The maximum absolute atomic E-state index is 10.5. The molecule has 8 heteroatoms. The lowest BCUT2D eigenvalue weighted by molar-refractivity contribution is 0.334. The zero-order chi connectivity index (χ0) is 23.4. The minimum atomic E-state index is -4.02. The summed E-state index contributed by atoms with van der Waals surface area (Å²) in [6.07, 6.45) is 0. The molecule has 7 nitrogen and oxygen atoms in total. The summed E-state index contributed by atoms with van der Waals surface area (Å²) in [4.78, 5) is 4.91. The fourth-order valence-electron chi connectivity index (χ4n) is 4.50. The van der Waals surface area contributed by atoms with Crippen LogP contribution in [0.4, 0.5) is 5.82 Å². The highest BCUT2D eigenvalue weighted by Crippen LogP contribution is 2.33. The molecule has 2 aliphatic rings. The molecule has 2 saturated heterocycles. The van der Waals surface area contributed by atoms with Gasteiger partial charge in [0.25, 0.3) is 10.1 Å². The number of hydrogen-bond acceptors (Lipinski definition) is 6. The summed E-state index contributed by atoms with van der Waals surface area (Å²) in [5, 5.41) is 8.88. The zero-order valence-electron chi connectivity index (χ0n) is 19.0. The standard InChI is InChI=1S/C18H22N4.C7H8O3S/c1-2-21-10-15-12-22(13-16(15)11-21)18-9-8-17(19-20-18)14-6-4-3-5-7-14;1-6-2-4-7(5-3-6)11(8,9)10/h3-9,15-16H,2,10-13H2,1H3;2-5H,1H3,(H,8,9,10). The normalized spacial score (nSPS) is 20.3. The van der Waals surface area contributed by atoms with Gasteiger partial charge in [0, 0.05) is 31.7 Å². The van der Waals surface area contributed by atoms with Crippen molar-refractivity contribution < 1.29 is 13.0 Å². The number of hydrogen-bond donors (Lipinski definition) is 1. The molecule has 0 amide bonds. The average molecular weight is 467 g/mol. The number of fused-ring (bicyclic) bond motifs is 1. The summed E-state index contributed by atoms with van der Waals surface area (Å²) in [5.74, 6) is 2.63. The smallest absolute Gasteiger partial charge is 0.294 e. The first-order valence-electron chi connectivity index (χ1n) is 11.2. The predicted molar refractivity (Wildman–Crippen MR) is 130 cm³/mol. The number of benzene rings is 2. The van der Waals surface area contributed by atoms with Gasteiger partial charge in [0.15, 0.2) is 5.82 Å². The van der Waals surface area contributed by atoms with Crippen molar-refractivity contribution in [1.29, 1.82) is 0 Å². The molecule has 5 rings (SSSR count). The van der Waals surface area contributed by atoms with Crippen LogP contribution in [0.15, 0.2) is 71.6 Å². The lowest BCUT2D eigenvalue weighted by Crippen LogP contribution is -2.29. The molecule has 2 fully saturated rings. The van der Waals surface area contributed by atoms with E-state index in [0.717, 1.165) is 47.6 Å². The van der Waals surface area contributed by atoms with Crippen LogP contribution in [-0.2, 0) is 10.1 Å². The molecule has 33 heavy (non-hydrogen) atoms. The predicted octanol–water partition coefficient (Wildman–Crippen LogP) is 3.77. The van der Waals surface area contributed by atoms with Crippen LogP contribution in [0.2, 0.25) is 0 Å². The highest BCUT2D eigenvalue weighted by molar-refractivity contribution is 7.85. The molecular formula is C25H30N4O3S. The zero-order valence-corrected chi connectivity index (χ0v) is 19.8. The topological polar surface area (TPSA) is 86.6 Å². The van der Waals surface area contributed by atoms with Crippen LogP contribution in [0.1, 0.15) is 12.5 Å². The molecule has 0 radical (unpaired) electrons. The maximum Gasteiger partial charge on any atom is 0.294 e. The second-order valence-corrected chi connectivity index (χ2v) is 10.1. The van der Waals surface area contributed by atoms with Crippen molar-refractivity contribution in [3.63, 3.8) is 0 Å². The Morgan fingerprint density at radius 1 is 0.879 bits per heavy atom. The number of aromatic nitrogens is 2. The van der Waals surface area contributed by atoms with Gasteiger partial charge in [0.05, 0.1) is 10.6 Å². The van der Waals surface area contributed by atoms with Gasteiger partial charge < -0.3 is 9.80 Å². The molecule has 2 atom stereocenters. The molecule has 0 spiro atoms. The van der Waals surface area contributed by atoms with E-state index in [4.69, 9.17) is 4.55 Å². The van der Waals surface area contributed by atoms with E-state index in [1.807, 2.05) is 25.1 Å². The highest BCUT2D eigenvalue weighted by atomic mass is 32.2. The van der Waals surface area contributed by atoms with Crippen LogP contribution in [0.3, 0.4) is 0 Å². The molecule has 2 aromatic carbocycles. The SMILES string of the molecule is CCN1CC2CN(c3ccc(-c4ccccc4)nn3)CC2C1.Cc1ccc(S(=O)(=O)O)cc1. The van der Waals surface area contributed by atoms with Crippen LogP contribution >= 0.6 is 0 Å². The van der Waals surface area contributed by atoms with E-state index < -0.39 is 10.1 Å². The van der Waals surface area contributed by atoms with Crippen LogP contribution in [0, 0.1) is 18.8 Å². The van der Waals surface area contributed by atoms with Gasteiger partial charge in [-0.2, -0.15) is 8.42 Å². The molecule has 2 aliphatic heterocycles. The van der Waals surface area contributed by atoms with Crippen LogP contribution < -0.4 is 4.90 Å². The molecule has 0 saturated carbocycles. The van der Waals surface area contributed by atoms with Crippen molar-refractivity contribution in [2.45, 2.75) is 18.7 Å². The van der Waals surface area contributed by atoms with Gasteiger partial charge in [0.2, 0.25) is 0 Å². The Morgan fingerprint density at radius 2 is 1.52 bits per heavy atom. The van der Waals surface area contributed by atoms with Crippen molar-refractivity contribution in [3.05, 3.63) is 72.3 Å². The number of aryl methyl sites for hydroxylation is 1. The lowest BCUT2D eigenvalue weighted by Gasteiger charge is -2.21.